The summed E-state index contributed by atoms with van der Waals surface area (Å²) in [5, 5.41) is 14.6. The quantitative estimate of drug-likeness (QED) is 0.635. The van der Waals surface area contributed by atoms with Crippen LogP contribution in [0, 0.1) is 17.3 Å². The van der Waals surface area contributed by atoms with Crippen LogP contribution >= 0.6 is 0 Å². The molecule has 0 aromatic rings. The van der Waals surface area contributed by atoms with Crippen LogP contribution in [-0.4, -0.2) is 84.3 Å². The summed E-state index contributed by atoms with van der Waals surface area (Å²) in [5.74, 6) is 0.658. The number of carbonyl (C=O) groups excluding carboxylic acids is 1. The van der Waals surface area contributed by atoms with Gasteiger partial charge in [0.05, 0.1) is 23.9 Å². The molecule has 2 aliphatic heterocycles. The van der Waals surface area contributed by atoms with Gasteiger partial charge in [-0.3, -0.25) is 10.1 Å². The summed E-state index contributed by atoms with van der Waals surface area (Å²) in [4.78, 5) is 15.2. The molecule has 0 amide bonds. The summed E-state index contributed by atoms with van der Waals surface area (Å²) in [6.45, 7) is 8.61. The molecule has 182 valence electrons. The van der Waals surface area contributed by atoms with Crippen molar-refractivity contribution in [2.75, 3.05) is 20.7 Å². The Labute approximate surface area is 192 Å². The number of aliphatic hydroxyl groups excluding tert-OH is 1. The van der Waals surface area contributed by atoms with Gasteiger partial charge in [-0.25, -0.2) is 0 Å². The Kier molecular flexibility index (Phi) is 5.50. The van der Waals surface area contributed by atoms with Crippen molar-refractivity contribution >= 4 is 5.97 Å². The van der Waals surface area contributed by atoms with Gasteiger partial charge in [0.1, 0.15) is 11.6 Å². The second-order valence-corrected chi connectivity index (χ2v) is 12.1. The summed E-state index contributed by atoms with van der Waals surface area (Å²) in [7, 11) is 4.13. The average molecular weight is 451 g/mol. The molecule has 3 saturated carbocycles. The molecule has 0 aromatic heterocycles. The van der Waals surface area contributed by atoms with Gasteiger partial charge in [0.2, 0.25) is 0 Å². The normalized spacial score (nSPS) is 48.8. The number of likely N-dealkylation sites (N-methyl/N-ethyl adjacent to an activating group) is 1. The molecule has 2 bridgehead atoms. The Morgan fingerprint density at radius 1 is 1.25 bits per heavy atom. The van der Waals surface area contributed by atoms with Crippen LogP contribution in [0.5, 0.6) is 0 Å². The number of aliphatic hydroxyl groups is 1. The van der Waals surface area contributed by atoms with Crippen molar-refractivity contribution in [1.82, 2.24) is 10.2 Å². The van der Waals surface area contributed by atoms with Crippen molar-refractivity contribution < 1.29 is 24.1 Å². The Balaban J connectivity index is 1.49. The van der Waals surface area contributed by atoms with Crippen LogP contribution in [0.25, 0.3) is 0 Å². The van der Waals surface area contributed by atoms with Gasteiger partial charge in [-0.05, 0) is 85.7 Å². The van der Waals surface area contributed by atoms with Crippen LogP contribution in [-0.2, 0) is 19.0 Å². The van der Waals surface area contributed by atoms with Crippen molar-refractivity contribution in [3.8, 4) is 0 Å². The van der Waals surface area contributed by atoms with Crippen molar-refractivity contribution in [2.24, 2.45) is 17.3 Å². The van der Waals surface area contributed by atoms with Crippen molar-refractivity contribution in [1.29, 1.82) is 0 Å². The van der Waals surface area contributed by atoms with Crippen LogP contribution in [0.15, 0.2) is 0 Å². The molecule has 2 heterocycles. The highest BCUT2D eigenvalue weighted by Crippen LogP contribution is 2.70. The number of esters is 1. The molecule has 2 N–H and O–H groups in total. The predicted molar refractivity (Wildman–Crippen MR) is 120 cm³/mol. The largest absolute Gasteiger partial charge is 0.459 e. The smallest absolute Gasteiger partial charge is 0.323 e. The monoisotopic (exact) mass is 450 g/mol. The van der Waals surface area contributed by atoms with E-state index in [9.17, 15) is 9.90 Å². The Bertz CT molecular complexity index is 755. The van der Waals surface area contributed by atoms with Crippen LogP contribution in [0.1, 0.15) is 66.2 Å². The molecule has 5 fully saturated rings. The summed E-state index contributed by atoms with van der Waals surface area (Å²) in [6.07, 6.45) is 5.25. The standard InChI is InChI=1S/C25H42N2O5/c1-14(22(29)32-23(2,3)4)26-16-9-10-25(30-6)18-13-15-7-8-17(28)20-19(15)24(25,21(16)31-20)11-12-27(18)5/h14-21,26,28H,7-13H2,1-6H3/t14-,15?,16-,17?,18?,19?,20?,21-,24-,25+/m0/s1. The van der Waals surface area contributed by atoms with Gasteiger partial charge < -0.3 is 24.2 Å². The predicted octanol–water partition coefficient (Wildman–Crippen LogP) is 2.10. The van der Waals surface area contributed by atoms with Gasteiger partial charge in [-0.15, -0.1) is 0 Å². The summed E-state index contributed by atoms with van der Waals surface area (Å²) < 4.78 is 19.0. The number of nitrogens with one attached hydrogen (secondary N) is 1. The highest BCUT2D eigenvalue weighted by atomic mass is 16.6. The minimum absolute atomic E-state index is 0.0430. The number of hydrogen-bond acceptors (Lipinski definition) is 7. The van der Waals surface area contributed by atoms with Crippen LogP contribution < -0.4 is 5.32 Å². The van der Waals surface area contributed by atoms with E-state index < -0.39 is 17.7 Å². The van der Waals surface area contributed by atoms with Crippen LogP contribution in [0.4, 0.5) is 0 Å². The lowest BCUT2D eigenvalue weighted by atomic mass is 9.42. The van der Waals surface area contributed by atoms with Gasteiger partial charge in [0.15, 0.2) is 0 Å². The fraction of sp³-hybridized carbons (Fsp3) is 0.960. The van der Waals surface area contributed by atoms with Gasteiger partial charge in [0.25, 0.3) is 0 Å². The van der Waals surface area contributed by atoms with Crippen molar-refractivity contribution in [2.45, 2.75) is 114 Å². The topological polar surface area (TPSA) is 80.3 Å². The molecule has 7 heteroatoms. The van der Waals surface area contributed by atoms with E-state index in [2.05, 4.69) is 17.3 Å². The first-order valence-electron chi connectivity index (χ1n) is 12.6. The van der Waals surface area contributed by atoms with Gasteiger partial charge >= 0.3 is 5.97 Å². The molecular formula is C25H42N2O5. The molecule has 3 aliphatic carbocycles. The number of rotatable bonds is 4. The molecule has 0 radical (unpaired) electrons. The molecule has 0 aromatic carbocycles. The van der Waals surface area contributed by atoms with E-state index in [1.54, 1.807) is 0 Å². The molecular weight excluding hydrogens is 408 g/mol. The maximum absolute atomic E-state index is 12.7. The Morgan fingerprint density at radius 2 is 2.00 bits per heavy atom. The first kappa shape index (κ1) is 23.0. The summed E-state index contributed by atoms with van der Waals surface area (Å²) >= 11 is 0. The van der Waals surface area contributed by atoms with E-state index in [0.29, 0.717) is 17.9 Å². The van der Waals surface area contributed by atoms with E-state index in [4.69, 9.17) is 14.2 Å². The average Bonchev–Trinajstić information content (AvgIpc) is 3.08. The molecule has 5 aliphatic rings. The Hall–Kier alpha value is -0.730. The number of nitrogens with zero attached hydrogens (tertiary/aromatic N) is 1. The maximum Gasteiger partial charge on any atom is 0.323 e. The fourth-order valence-electron chi connectivity index (χ4n) is 8.51. The molecule has 10 atom stereocenters. The molecule has 2 saturated heterocycles. The zero-order chi connectivity index (χ0) is 23.1. The zero-order valence-electron chi connectivity index (χ0n) is 20.6. The number of ether oxygens (including phenoxy) is 3. The van der Waals surface area contributed by atoms with Crippen molar-refractivity contribution in [3.05, 3.63) is 0 Å². The summed E-state index contributed by atoms with van der Waals surface area (Å²) in [5.41, 5.74) is -0.896. The zero-order valence-corrected chi connectivity index (χ0v) is 20.6. The van der Waals surface area contributed by atoms with E-state index >= 15 is 0 Å². The third kappa shape index (κ3) is 3.07. The van der Waals surface area contributed by atoms with Crippen LogP contribution in [0.3, 0.4) is 0 Å². The highest BCUT2D eigenvalue weighted by Gasteiger charge is 2.78. The molecule has 1 spiro atoms. The number of piperidine rings is 1. The second-order valence-electron chi connectivity index (χ2n) is 12.1. The van der Waals surface area contributed by atoms with E-state index in [-0.39, 0.29) is 35.2 Å². The maximum atomic E-state index is 12.7. The summed E-state index contributed by atoms with van der Waals surface area (Å²) in [6, 6.07) is 0.0106. The number of likely N-dealkylation sites (tertiary alicyclic amines) is 1. The third-order valence-electron chi connectivity index (χ3n) is 9.52. The lowest BCUT2D eigenvalue weighted by Crippen LogP contribution is -2.78. The lowest BCUT2D eigenvalue weighted by molar-refractivity contribution is -0.269. The lowest BCUT2D eigenvalue weighted by Gasteiger charge is -2.69. The molecule has 32 heavy (non-hydrogen) atoms. The van der Waals surface area contributed by atoms with Gasteiger partial charge in [-0.1, -0.05) is 0 Å². The Morgan fingerprint density at radius 3 is 2.69 bits per heavy atom. The van der Waals surface area contributed by atoms with E-state index in [0.717, 1.165) is 45.1 Å². The minimum atomic E-state index is -0.510. The SMILES string of the molecule is CO[C@]12CC[C@H](N[C@@H](C)C(=O)OC(C)(C)C)[C@@H]3OC4C(O)CCC5CC1N(C)CC[C@]32C54. The van der Waals surface area contributed by atoms with Crippen molar-refractivity contribution in [3.63, 3.8) is 0 Å². The molecule has 5 unspecified atom stereocenters. The molecule has 5 rings (SSSR count). The third-order valence-corrected chi connectivity index (χ3v) is 9.52. The fourth-order valence-corrected chi connectivity index (χ4v) is 8.51. The van der Waals surface area contributed by atoms with Crippen LogP contribution in [0.2, 0.25) is 0 Å². The second kappa shape index (κ2) is 7.64. The number of hydrogen-bond donors (Lipinski definition) is 2. The van der Waals surface area contributed by atoms with E-state index in [1.165, 1.54) is 0 Å². The van der Waals surface area contributed by atoms with E-state index in [1.807, 2.05) is 34.8 Å². The minimum Gasteiger partial charge on any atom is -0.459 e. The molecule has 7 nitrogen and oxygen atoms in total. The van der Waals surface area contributed by atoms with Gasteiger partial charge in [-0.2, -0.15) is 0 Å². The number of methoxy groups -OCH3 is 1. The highest BCUT2D eigenvalue weighted by molar-refractivity contribution is 5.75. The number of carbonyl (C=O) groups is 1. The first-order chi connectivity index (χ1) is 15.0. The first-order valence-corrected chi connectivity index (χ1v) is 12.6. The van der Waals surface area contributed by atoms with Gasteiger partial charge in [0, 0.05) is 30.5 Å².